The smallest absolute Gasteiger partial charge is 0.411 e. The van der Waals surface area contributed by atoms with Crippen LogP contribution in [0.25, 0.3) is 21.8 Å². The largest absolute Gasteiger partial charge is 0.445 e. The molecule has 2 aliphatic rings. The number of fused-ring (bicyclic) bond motifs is 3. The van der Waals surface area contributed by atoms with E-state index < -0.39 is 12.2 Å². The summed E-state index contributed by atoms with van der Waals surface area (Å²) in [5, 5.41) is 19.8. The van der Waals surface area contributed by atoms with Crippen molar-refractivity contribution >= 4 is 74.8 Å². The minimum absolute atomic E-state index is 0.0119. The van der Waals surface area contributed by atoms with Crippen molar-refractivity contribution in [3.63, 3.8) is 0 Å². The zero-order valence-electron chi connectivity index (χ0n) is 25.9. The first kappa shape index (κ1) is 33.4. The van der Waals surface area contributed by atoms with E-state index in [1.54, 1.807) is 24.3 Å². The first-order valence-corrected chi connectivity index (χ1v) is 16.6. The fourth-order valence-electron chi connectivity index (χ4n) is 5.62. The summed E-state index contributed by atoms with van der Waals surface area (Å²) in [5.74, 6) is 0.914. The Morgan fingerprint density at radius 1 is 0.915 bits per heavy atom. The molecular weight excluding hydrogens is 622 g/mol. The van der Waals surface area contributed by atoms with E-state index in [-0.39, 0.29) is 37.2 Å². The molecule has 3 atom stereocenters. The topological polar surface area (TPSA) is 172 Å². The molecule has 2 aromatic carbocycles. The Morgan fingerprint density at radius 3 is 2.17 bits per heavy atom. The number of thioether (sulfide) groups is 1. The van der Waals surface area contributed by atoms with Gasteiger partial charge in [0.25, 0.3) is 0 Å². The molecule has 5 rings (SSSR count). The number of nitrogens with one attached hydrogen (secondary N) is 6. The number of anilines is 3. The zero-order chi connectivity index (χ0) is 33.2. The Kier molecular flexibility index (Phi) is 11.4. The Hall–Kier alpha value is -4.98. The van der Waals surface area contributed by atoms with E-state index in [2.05, 4.69) is 45.1 Å². The summed E-state index contributed by atoms with van der Waals surface area (Å²) in [6.45, 7) is 8.11. The number of aromatic nitrogens is 1. The van der Waals surface area contributed by atoms with Crippen LogP contribution in [0.15, 0.2) is 61.7 Å². The van der Waals surface area contributed by atoms with Crippen LogP contribution < -0.4 is 31.9 Å². The number of pyridine rings is 1. The van der Waals surface area contributed by atoms with Crippen molar-refractivity contribution in [2.45, 2.75) is 43.0 Å². The second kappa shape index (κ2) is 16.0. The Morgan fingerprint density at radius 2 is 1.55 bits per heavy atom. The Labute approximate surface area is 276 Å². The van der Waals surface area contributed by atoms with E-state index in [1.807, 2.05) is 23.9 Å². The summed E-state index contributed by atoms with van der Waals surface area (Å²) in [6, 6.07) is 11.0. The summed E-state index contributed by atoms with van der Waals surface area (Å²) < 4.78 is 10.1. The van der Waals surface area contributed by atoms with Gasteiger partial charge in [0.1, 0.15) is 13.2 Å². The standard InChI is InChI=1S/C33H39N7O6S/c1-3-15-45-32(43)36-20-9-11-22-24(17-20)38-25-18-21(37-33(44)46-16-4-2)10-12-23(25)29(22)35-14-13-34-28(41)8-6-5-7-27-30-26(19-47-27)39-31(42)40-30/h3-4,9-12,17-18,26-27,30H,1-2,5-8,13-16,19H2,(H,34,41)(H,35,38)(H,36,43)(H,37,44)(H2,39,40,42)/t26-,27-,30+/m0/s1. The van der Waals surface area contributed by atoms with Crippen molar-refractivity contribution < 1.29 is 28.7 Å². The third kappa shape index (κ3) is 8.85. The monoisotopic (exact) mass is 661 g/mol. The van der Waals surface area contributed by atoms with Crippen LogP contribution in [0.2, 0.25) is 0 Å². The van der Waals surface area contributed by atoms with Gasteiger partial charge in [0.15, 0.2) is 0 Å². The van der Waals surface area contributed by atoms with Gasteiger partial charge < -0.3 is 30.7 Å². The van der Waals surface area contributed by atoms with Crippen LogP contribution in [0, 0.1) is 0 Å². The quantitative estimate of drug-likeness (QED) is 0.0560. The maximum atomic E-state index is 12.6. The van der Waals surface area contributed by atoms with E-state index in [1.165, 1.54) is 12.2 Å². The van der Waals surface area contributed by atoms with Crippen molar-refractivity contribution in [2.24, 2.45) is 0 Å². The number of unbranched alkanes of at least 4 members (excludes halogenated alkanes) is 1. The molecule has 3 aromatic rings. The van der Waals surface area contributed by atoms with Crippen LogP contribution in [0.5, 0.6) is 0 Å². The highest BCUT2D eigenvalue weighted by Crippen LogP contribution is 2.34. The molecule has 248 valence electrons. The van der Waals surface area contributed by atoms with Crippen LogP contribution in [-0.2, 0) is 14.3 Å². The number of carbonyl (C=O) groups excluding carboxylic acids is 4. The molecule has 6 N–H and O–H groups in total. The van der Waals surface area contributed by atoms with E-state index in [9.17, 15) is 19.2 Å². The second-order valence-electron chi connectivity index (χ2n) is 11.1. The average Bonchev–Trinajstić information content (AvgIpc) is 3.61. The van der Waals surface area contributed by atoms with Crippen molar-refractivity contribution in [2.75, 3.05) is 48.0 Å². The molecule has 3 heterocycles. The van der Waals surface area contributed by atoms with Crippen LogP contribution in [0.4, 0.5) is 31.4 Å². The third-order valence-electron chi connectivity index (χ3n) is 7.76. The molecule has 0 radical (unpaired) electrons. The van der Waals surface area contributed by atoms with Crippen LogP contribution in [0.3, 0.4) is 0 Å². The summed E-state index contributed by atoms with van der Waals surface area (Å²) in [6.07, 6.45) is 4.83. The highest BCUT2D eigenvalue weighted by Gasteiger charge is 2.42. The minimum atomic E-state index is -0.616. The number of rotatable bonds is 15. The summed E-state index contributed by atoms with van der Waals surface area (Å²) in [5.41, 5.74) is 2.97. The van der Waals surface area contributed by atoms with Crippen molar-refractivity contribution in [1.29, 1.82) is 0 Å². The lowest BCUT2D eigenvalue weighted by Gasteiger charge is -2.16. The van der Waals surface area contributed by atoms with Gasteiger partial charge in [0.05, 0.1) is 28.8 Å². The molecule has 2 fully saturated rings. The van der Waals surface area contributed by atoms with Crippen molar-refractivity contribution in [3.8, 4) is 0 Å². The number of nitrogens with zero attached hydrogens (tertiary/aromatic N) is 1. The number of amides is 5. The number of urea groups is 1. The highest BCUT2D eigenvalue weighted by molar-refractivity contribution is 8.00. The molecule has 5 amide bonds. The maximum Gasteiger partial charge on any atom is 0.411 e. The fourth-order valence-corrected chi connectivity index (χ4v) is 7.16. The maximum absolute atomic E-state index is 12.6. The number of benzene rings is 2. The molecule has 0 unspecified atom stereocenters. The normalized spacial score (nSPS) is 18.0. The van der Waals surface area contributed by atoms with Crippen LogP contribution in [0.1, 0.15) is 25.7 Å². The lowest BCUT2D eigenvalue weighted by atomic mass is 10.0. The molecule has 2 aliphatic heterocycles. The number of ether oxygens (including phenoxy) is 2. The first-order chi connectivity index (χ1) is 22.8. The molecule has 0 saturated carbocycles. The summed E-state index contributed by atoms with van der Waals surface area (Å²) in [4.78, 5) is 53.2. The number of carbonyl (C=O) groups is 4. The molecule has 13 nitrogen and oxygen atoms in total. The molecule has 0 aliphatic carbocycles. The average molecular weight is 662 g/mol. The zero-order valence-corrected chi connectivity index (χ0v) is 26.8. The van der Waals surface area contributed by atoms with Crippen molar-refractivity contribution in [1.82, 2.24) is 20.9 Å². The third-order valence-corrected chi connectivity index (χ3v) is 9.27. The van der Waals surface area contributed by atoms with E-state index in [4.69, 9.17) is 14.5 Å². The molecule has 0 spiro atoms. The van der Waals surface area contributed by atoms with E-state index >= 15 is 0 Å². The molecule has 0 bridgehead atoms. The van der Waals surface area contributed by atoms with E-state index in [0.29, 0.717) is 47.2 Å². The fraction of sp³-hybridized carbons (Fsp3) is 0.364. The highest BCUT2D eigenvalue weighted by atomic mass is 32.2. The lowest BCUT2D eigenvalue weighted by Crippen LogP contribution is -2.36. The van der Waals surface area contributed by atoms with Gasteiger partial charge in [0.2, 0.25) is 5.91 Å². The van der Waals surface area contributed by atoms with Gasteiger partial charge in [-0.05, 0) is 49.2 Å². The second-order valence-corrected chi connectivity index (χ2v) is 12.4. The van der Waals surface area contributed by atoms with Crippen LogP contribution >= 0.6 is 11.8 Å². The van der Waals surface area contributed by atoms with Gasteiger partial charge in [-0.3, -0.25) is 15.4 Å². The minimum Gasteiger partial charge on any atom is -0.445 e. The van der Waals surface area contributed by atoms with Gasteiger partial charge >= 0.3 is 18.2 Å². The molecule has 1 aromatic heterocycles. The Balaban J connectivity index is 1.20. The van der Waals surface area contributed by atoms with Gasteiger partial charge in [-0.2, -0.15) is 11.8 Å². The number of hydrogen-bond donors (Lipinski definition) is 6. The van der Waals surface area contributed by atoms with Gasteiger partial charge in [-0.1, -0.05) is 31.7 Å². The van der Waals surface area contributed by atoms with Gasteiger partial charge in [-0.25, -0.2) is 19.4 Å². The van der Waals surface area contributed by atoms with Gasteiger partial charge in [-0.15, -0.1) is 0 Å². The molecule has 2 saturated heterocycles. The van der Waals surface area contributed by atoms with Crippen molar-refractivity contribution in [3.05, 3.63) is 61.7 Å². The Bertz CT molecular complexity index is 1580. The predicted molar refractivity (Wildman–Crippen MR) is 185 cm³/mol. The molecular formula is C33H39N7O6S. The number of hydrogen-bond acceptors (Lipinski definition) is 9. The van der Waals surface area contributed by atoms with Gasteiger partial charge in [0, 0.05) is 52.7 Å². The first-order valence-electron chi connectivity index (χ1n) is 15.5. The van der Waals surface area contributed by atoms with E-state index in [0.717, 1.165) is 41.5 Å². The lowest BCUT2D eigenvalue weighted by molar-refractivity contribution is -0.121. The predicted octanol–water partition coefficient (Wildman–Crippen LogP) is 5.11. The SMILES string of the molecule is C=CCOC(=O)Nc1ccc2c(NCCNC(=O)CCCC[C@@H]3SC[C@@H]4NC(=O)N[C@H]43)c3ccc(NC(=O)OCC=C)cc3nc2c1. The van der Waals surface area contributed by atoms with Crippen LogP contribution in [-0.4, -0.2) is 78.5 Å². The summed E-state index contributed by atoms with van der Waals surface area (Å²) >= 11 is 1.88. The molecule has 14 heteroatoms. The summed E-state index contributed by atoms with van der Waals surface area (Å²) in [7, 11) is 0. The molecule has 47 heavy (non-hydrogen) atoms.